The summed E-state index contributed by atoms with van der Waals surface area (Å²) in [7, 11) is 1.93. The molecule has 0 aromatic heterocycles. The quantitative estimate of drug-likeness (QED) is 0.390. The van der Waals surface area contributed by atoms with Crippen molar-refractivity contribution in [3.63, 3.8) is 0 Å². The highest BCUT2D eigenvalue weighted by Crippen LogP contribution is 2.43. The Bertz CT molecular complexity index is 420. The predicted molar refractivity (Wildman–Crippen MR) is 115 cm³/mol. The summed E-state index contributed by atoms with van der Waals surface area (Å²) in [5, 5.41) is 3.69. The molecule has 1 spiro atoms. The maximum Gasteiger partial charge on any atom is 0.193 e. The number of likely N-dealkylation sites (tertiary alicyclic amines) is 1. The zero-order valence-corrected chi connectivity index (χ0v) is 18.5. The van der Waals surface area contributed by atoms with Crippen molar-refractivity contribution in [3.05, 3.63) is 0 Å². The molecule has 3 aliphatic rings. The van der Waals surface area contributed by atoms with Gasteiger partial charge in [-0.25, -0.2) is 0 Å². The third-order valence-corrected chi connectivity index (χ3v) is 7.69. The molecule has 0 amide bonds. The van der Waals surface area contributed by atoms with Gasteiger partial charge in [0.1, 0.15) is 0 Å². The van der Waals surface area contributed by atoms with Crippen LogP contribution in [0.2, 0.25) is 0 Å². The summed E-state index contributed by atoms with van der Waals surface area (Å²) in [5.74, 6) is 1.12. The molecule has 1 N–H and O–H groups in total. The Balaban J connectivity index is 0.00000208. The molecule has 2 aliphatic heterocycles. The Kier molecular flexibility index (Phi) is 8.00. The highest BCUT2D eigenvalue weighted by atomic mass is 127. The van der Waals surface area contributed by atoms with Crippen LogP contribution in [-0.4, -0.2) is 61.8 Å². The van der Waals surface area contributed by atoms with Gasteiger partial charge in [-0.2, -0.15) is 11.8 Å². The second kappa shape index (κ2) is 9.31. The lowest BCUT2D eigenvalue weighted by Crippen LogP contribution is -2.49. The van der Waals surface area contributed by atoms with Gasteiger partial charge < -0.3 is 15.0 Å². The van der Waals surface area contributed by atoms with E-state index in [-0.39, 0.29) is 24.0 Å². The number of nitrogens with one attached hydrogen (secondary N) is 1. The van der Waals surface area contributed by atoms with Crippen LogP contribution >= 0.6 is 35.7 Å². The molecule has 6 heteroatoms. The molecule has 4 nitrogen and oxygen atoms in total. The SMILES string of the molecule is CN=C(NCC1(SC)CCOCC1)N1CCC2(CCCCC2)C1.I. The van der Waals surface area contributed by atoms with Crippen LogP contribution in [-0.2, 0) is 4.74 Å². The van der Waals surface area contributed by atoms with Crippen molar-refractivity contribution in [3.8, 4) is 0 Å². The van der Waals surface area contributed by atoms with Crippen LogP contribution in [0.1, 0.15) is 51.4 Å². The van der Waals surface area contributed by atoms with E-state index in [2.05, 4.69) is 21.5 Å². The minimum Gasteiger partial charge on any atom is -0.381 e. The van der Waals surface area contributed by atoms with E-state index >= 15 is 0 Å². The lowest BCUT2D eigenvalue weighted by atomic mass is 9.73. The average Bonchev–Trinajstić information content (AvgIpc) is 3.00. The summed E-state index contributed by atoms with van der Waals surface area (Å²) in [6.07, 6.45) is 13.0. The zero-order valence-electron chi connectivity index (χ0n) is 15.3. The van der Waals surface area contributed by atoms with E-state index in [1.807, 2.05) is 18.8 Å². The summed E-state index contributed by atoms with van der Waals surface area (Å²) in [6.45, 7) is 5.19. The van der Waals surface area contributed by atoms with E-state index in [1.54, 1.807) is 0 Å². The Morgan fingerprint density at radius 3 is 2.46 bits per heavy atom. The normalized spacial score (nSPS) is 26.2. The van der Waals surface area contributed by atoms with Crippen LogP contribution in [0.5, 0.6) is 0 Å². The van der Waals surface area contributed by atoms with Gasteiger partial charge in [-0.05, 0) is 43.8 Å². The summed E-state index contributed by atoms with van der Waals surface area (Å²) in [6, 6.07) is 0. The topological polar surface area (TPSA) is 36.9 Å². The van der Waals surface area contributed by atoms with Crippen molar-refractivity contribution in [1.82, 2.24) is 10.2 Å². The first-order chi connectivity index (χ1) is 11.2. The molecule has 2 saturated heterocycles. The third-order valence-electron chi connectivity index (χ3n) is 6.27. The lowest BCUT2D eigenvalue weighted by molar-refractivity contribution is 0.0781. The van der Waals surface area contributed by atoms with Crippen LogP contribution in [0.15, 0.2) is 4.99 Å². The number of guanidine groups is 1. The number of hydrogen-bond acceptors (Lipinski definition) is 3. The number of ether oxygens (including phenoxy) is 1. The Morgan fingerprint density at radius 1 is 1.12 bits per heavy atom. The summed E-state index contributed by atoms with van der Waals surface area (Å²) >= 11 is 1.99. The lowest BCUT2D eigenvalue weighted by Gasteiger charge is -2.37. The summed E-state index contributed by atoms with van der Waals surface area (Å²) < 4.78 is 5.87. The van der Waals surface area contributed by atoms with Crippen molar-refractivity contribution >= 4 is 41.7 Å². The zero-order chi connectivity index (χ0) is 16.2. The monoisotopic (exact) mass is 467 g/mol. The fraction of sp³-hybridized carbons (Fsp3) is 0.944. The van der Waals surface area contributed by atoms with E-state index in [4.69, 9.17) is 4.74 Å². The summed E-state index contributed by atoms with van der Waals surface area (Å²) in [4.78, 5) is 7.10. The Hall–Kier alpha value is 0.310. The second-order valence-electron chi connectivity index (χ2n) is 7.63. The number of rotatable bonds is 3. The average molecular weight is 467 g/mol. The molecule has 1 aliphatic carbocycles. The molecule has 0 unspecified atom stereocenters. The van der Waals surface area contributed by atoms with Gasteiger partial charge in [0, 0.05) is 44.6 Å². The second-order valence-corrected chi connectivity index (χ2v) is 8.91. The molecule has 3 fully saturated rings. The van der Waals surface area contributed by atoms with Gasteiger partial charge in [-0.1, -0.05) is 19.3 Å². The number of thioether (sulfide) groups is 1. The third kappa shape index (κ3) is 4.72. The number of nitrogens with zero attached hydrogens (tertiary/aromatic N) is 2. The van der Waals surface area contributed by atoms with Gasteiger partial charge in [0.05, 0.1) is 0 Å². The fourth-order valence-corrected chi connectivity index (χ4v) is 5.39. The maximum atomic E-state index is 5.55. The Labute approximate surface area is 169 Å². The molecule has 0 aromatic rings. The van der Waals surface area contributed by atoms with Crippen LogP contribution in [0.25, 0.3) is 0 Å². The van der Waals surface area contributed by atoms with E-state index in [9.17, 15) is 0 Å². The molecular formula is C18H34IN3OS. The molecule has 2 heterocycles. The number of halogens is 1. The first-order valence-electron chi connectivity index (χ1n) is 9.30. The molecule has 0 radical (unpaired) electrons. The molecule has 1 saturated carbocycles. The highest BCUT2D eigenvalue weighted by Gasteiger charge is 2.40. The van der Waals surface area contributed by atoms with Crippen LogP contribution in [0, 0.1) is 5.41 Å². The van der Waals surface area contributed by atoms with Crippen molar-refractivity contribution < 1.29 is 4.74 Å². The standard InChI is InChI=1S/C18H33N3OS.HI/c1-19-16(20-14-18(23-2)9-12-22-13-10-18)21-11-8-17(15-21)6-4-3-5-7-17;/h3-15H2,1-2H3,(H,19,20);1H. The van der Waals surface area contributed by atoms with E-state index in [0.717, 1.165) is 38.6 Å². The van der Waals surface area contributed by atoms with E-state index in [1.165, 1.54) is 51.6 Å². The molecule has 140 valence electrons. The first kappa shape index (κ1) is 20.6. The highest BCUT2D eigenvalue weighted by molar-refractivity contribution is 14.0. The molecule has 0 atom stereocenters. The minimum atomic E-state index is 0. The van der Waals surface area contributed by atoms with Crippen LogP contribution < -0.4 is 5.32 Å². The molecule has 3 rings (SSSR count). The van der Waals surface area contributed by atoms with Gasteiger partial charge in [0.25, 0.3) is 0 Å². The first-order valence-corrected chi connectivity index (χ1v) is 10.5. The van der Waals surface area contributed by atoms with Gasteiger partial charge >= 0.3 is 0 Å². The number of hydrogen-bond donors (Lipinski definition) is 1. The van der Waals surface area contributed by atoms with Crippen molar-refractivity contribution in [2.45, 2.75) is 56.1 Å². The van der Waals surface area contributed by atoms with E-state index in [0.29, 0.717) is 10.2 Å². The fourth-order valence-electron chi connectivity index (χ4n) is 4.59. The minimum absolute atomic E-state index is 0. The van der Waals surface area contributed by atoms with Crippen molar-refractivity contribution in [1.29, 1.82) is 0 Å². The van der Waals surface area contributed by atoms with Gasteiger partial charge in [0.2, 0.25) is 0 Å². The smallest absolute Gasteiger partial charge is 0.193 e. The van der Waals surface area contributed by atoms with E-state index < -0.39 is 0 Å². The van der Waals surface area contributed by atoms with Crippen LogP contribution in [0.4, 0.5) is 0 Å². The van der Waals surface area contributed by atoms with Gasteiger partial charge in [-0.15, -0.1) is 24.0 Å². The number of aliphatic imine (C=N–C) groups is 1. The van der Waals surface area contributed by atoms with Crippen molar-refractivity contribution in [2.24, 2.45) is 10.4 Å². The van der Waals surface area contributed by atoms with Gasteiger partial charge in [0.15, 0.2) is 5.96 Å². The largest absolute Gasteiger partial charge is 0.381 e. The maximum absolute atomic E-state index is 5.55. The van der Waals surface area contributed by atoms with Crippen molar-refractivity contribution in [2.75, 3.05) is 46.2 Å². The Morgan fingerprint density at radius 2 is 1.83 bits per heavy atom. The van der Waals surface area contributed by atoms with Gasteiger partial charge in [-0.3, -0.25) is 4.99 Å². The molecule has 0 aromatic carbocycles. The summed E-state index contributed by atoms with van der Waals surface area (Å²) in [5.41, 5.74) is 0.589. The van der Waals surface area contributed by atoms with Crippen LogP contribution in [0.3, 0.4) is 0 Å². The predicted octanol–water partition coefficient (Wildman–Crippen LogP) is 3.75. The molecule has 24 heavy (non-hydrogen) atoms. The molecular weight excluding hydrogens is 433 g/mol. The molecule has 0 bridgehead atoms.